The van der Waals surface area contributed by atoms with Crippen molar-refractivity contribution in [3.05, 3.63) is 18.3 Å². The summed E-state index contributed by atoms with van der Waals surface area (Å²) in [6.45, 7) is 4.21. The van der Waals surface area contributed by atoms with Crippen LogP contribution in [-0.4, -0.2) is 79.3 Å². The van der Waals surface area contributed by atoms with E-state index in [9.17, 15) is 15.3 Å². The topological polar surface area (TPSA) is 132 Å². The first-order valence-corrected chi connectivity index (χ1v) is 9.15. The maximum atomic E-state index is 10.2. The van der Waals surface area contributed by atoms with E-state index in [2.05, 4.69) is 38.6 Å². The smallest absolute Gasteiger partial charge is 0.223 e. The predicted molar refractivity (Wildman–Crippen MR) is 100 cm³/mol. The van der Waals surface area contributed by atoms with Gasteiger partial charge in [-0.2, -0.15) is 0 Å². The van der Waals surface area contributed by atoms with Gasteiger partial charge in [0.2, 0.25) is 6.29 Å². The Morgan fingerprint density at radius 1 is 1.14 bits per heavy atom. The summed E-state index contributed by atoms with van der Waals surface area (Å²) in [6.07, 6.45) is -2.22. The van der Waals surface area contributed by atoms with Gasteiger partial charge >= 0.3 is 0 Å². The summed E-state index contributed by atoms with van der Waals surface area (Å²) in [5.41, 5.74) is 1.11. The molecular formula is C19H22N4O6. The monoisotopic (exact) mass is 402 g/mol. The molecule has 2 aromatic heterocycles. The third kappa shape index (κ3) is 4.54. The van der Waals surface area contributed by atoms with Gasteiger partial charge in [-0.1, -0.05) is 0 Å². The number of fused-ring (bicyclic) bond motifs is 1. The number of aliphatic hydroxyl groups excluding tert-OH is 3. The van der Waals surface area contributed by atoms with Crippen LogP contribution in [0.3, 0.4) is 0 Å². The van der Waals surface area contributed by atoms with Crippen LogP contribution in [-0.2, 0) is 14.2 Å². The first kappa shape index (κ1) is 21.1. The van der Waals surface area contributed by atoms with Crippen LogP contribution in [0, 0.1) is 23.7 Å². The predicted octanol–water partition coefficient (Wildman–Crippen LogP) is -0.808. The first-order chi connectivity index (χ1) is 14.1. The number of aromatic nitrogens is 4. The zero-order valence-corrected chi connectivity index (χ0v) is 16.0. The van der Waals surface area contributed by atoms with Crippen molar-refractivity contribution in [1.82, 2.24) is 19.5 Å². The SMILES string of the molecule is CCOC(C#CC#Cc1ncnc2c1ncn2[C@@H]1O[C@H](CO)[C@@H](O)[C@H]1O)OCC. The van der Waals surface area contributed by atoms with Crippen molar-refractivity contribution in [1.29, 1.82) is 0 Å². The second-order valence-corrected chi connectivity index (χ2v) is 6.04. The molecule has 4 atom stereocenters. The Morgan fingerprint density at radius 3 is 2.55 bits per heavy atom. The Balaban J connectivity index is 1.85. The highest BCUT2D eigenvalue weighted by Crippen LogP contribution is 2.31. The molecule has 1 saturated heterocycles. The molecule has 2 aromatic rings. The lowest BCUT2D eigenvalue weighted by Gasteiger charge is -2.16. The van der Waals surface area contributed by atoms with Crippen molar-refractivity contribution in [3.8, 4) is 23.7 Å². The first-order valence-electron chi connectivity index (χ1n) is 9.15. The van der Waals surface area contributed by atoms with Gasteiger partial charge in [0, 0.05) is 13.2 Å². The van der Waals surface area contributed by atoms with Crippen LogP contribution in [0.1, 0.15) is 25.8 Å². The van der Waals surface area contributed by atoms with E-state index in [-0.39, 0.29) is 0 Å². The van der Waals surface area contributed by atoms with Crippen LogP contribution < -0.4 is 0 Å². The summed E-state index contributed by atoms with van der Waals surface area (Å²) in [6, 6.07) is 0. The Morgan fingerprint density at radius 2 is 1.90 bits per heavy atom. The maximum absolute atomic E-state index is 10.2. The number of hydrogen-bond donors (Lipinski definition) is 3. The molecule has 3 heterocycles. The zero-order chi connectivity index (χ0) is 20.8. The average Bonchev–Trinajstić information content (AvgIpc) is 3.27. The van der Waals surface area contributed by atoms with Crippen molar-refractivity contribution in [2.45, 2.75) is 44.7 Å². The van der Waals surface area contributed by atoms with Gasteiger partial charge in [0.25, 0.3) is 0 Å². The number of nitrogens with zero attached hydrogens (tertiary/aromatic N) is 4. The fraction of sp³-hybridized carbons (Fsp3) is 0.526. The van der Waals surface area contributed by atoms with Gasteiger partial charge in [0.15, 0.2) is 11.9 Å². The quantitative estimate of drug-likeness (QED) is 0.419. The number of imidazole rings is 1. The lowest BCUT2D eigenvalue weighted by atomic mass is 10.1. The number of rotatable bonds is 6. The summed E-state index contributed by atoms with van der Waals surface area (Å²) >= 11 is 0. The second-order valence-electron chi connectivity index (χ2n) is 6.04. The molecule has 0 aliphatic carbocycles. The molecule has 0 unspecified atom stereocenters. The highest BCUT2D eigenvalue weighted by molar-refractivity contribution is 5.76. The molecule has 3 rings (SSSR count). The van der Waals surface area contributed by atoms with E-state index < -0.39 is 37.4 Å². The third-order valence-electron chi connectivity index (χ3n) is 4.22. The van der Waals surface area contributed by atoms with Crippen LogP contribution in [0.2, 0.25) is 0 Å². The summed E-state index contributed by atoms with van der Waals surface area (Å²) in [7, 11) is 0. The number of aliphatic hydroxyl groups is 3. The number of hydrogen-bond acceptors (Lipinski definition) is 9. The van der Waals surface area contributed by atoms with E-state index >= 15 is 0 Å². The molecule has 0 saturated carbocycles. The Labute approximate surface area is 167 Å². The third-order valence-corrected chi connectivity index (χ3v) is 4.22. The van der Waals surface area contributed by atoms with Gasteiger partial charge in [-0.05, 0) is 37.5 Å². The van der Waals surface area contributed by atoms with E-state index in [4.69, 9.17) is 14.2 Å². The average molecular weight is 402 g/mol. The van der Waals surface area contributed by atoms with Crippen molar-refractivity contribution in [2.24, 2.45) is 0 Å². The van der Waals surface area contributed by atoms with Gasteiger partial charge in [0.05, 0.1) is 12.9 Å². The highest BCUT2D eigenvalue weighted by Gasteiger charge is 2.43. The molecule has 10 nitrogen and oxygen atoms in total. The highest BCUT2D eigenvalue weighted by atomic mass is 16.7. The van der Waals surface area contributed by atoms with Crippen molar-refractivity contribution in [2.75, 3.05) is 19.8 Å². The van der Waals surface area contributed by atoms with Crippen LogP contribution >= 0.6 is 0 Å². The van der Waals surface area contributed by atoms with E-state index in [0.29, 0.717) is 30.1 Å². The second kappa shape index (κ2) is 9.76. The van der Waals surface area contributed by atoms with Gasteiger partial charge in [-0.15, -0.1) is 0 Å². The molecule has 1 aliphatic heterocycles. The largest absolute Gasteiger partial charge is 0.394 e. The Hall–Kier alpha value is -2.57. The molecule has 0 spiro atoms. The molecule has 10 heteroatoms. The van der Waals surface area contributed by atoms with E-state index in [0.717, 1.165) is 0 Å². The fourth-order valence-electron chi connectivity index (χ4n) is 2.86. The lowest BCUT2D eigenvalue weighted by molar-refractivity contribution is -0.0969. The van der Waals surface area contributed by atoms with Crippen molar-refractivity contribution in [3.63, 3.8) is 0 Å². The Bertz CT molecular complexity index is 950. The summed E-state index contributed by atoms with van der Waals surface area (Å²) in [5, 5.41) is 29.4. The molecule has 29 heavy (non-hydrogen) atoms. The molecule has 0 radical (unpaired) electrons. The molecule has 3 N–H and O–H groups in total. The van der Waals surface area contributed by atoms with Gasteiger partial charge < -0.3 is 29.5 Å². The molecule has 0 amide bonds. The zero-order valence-electron chi connectivity index (χ0n) is 16.0. The number of ether oxygens (including phenoxy) is 3. The minimum Gasteiger partial charge on any atom is -0.394 e. The molecule has 154 valence electrons. The molecule has 0 aromatic carbocycles. The van der Waals surface area contributed by atoms with E-state index in [1.54, 1.807) is 0 Å². The van der Waals surface area contributed by atoms with E-state index in [1.165, 1.54) is 17.2 Å². The molecule has 1 fully saturated rings. The van der Waals surface area contributed by atoms with Gasteiger partial charge in [-0.25, -0.2) is 15.0 Å². The normalized spacial score (nSPS) is 23.7. The maximum Gasteiger partial charge on any atom is 0.223 e. The fourth-order valence-corrected chi connectivity index (χ4v) is 2.86. The minimum absolute atomic E-state index is 0.346. The summed E-state index contributed by atoms with van der Waals surface area (Å²) in [5.74, 6) is 10.9. The molecule has 1 aliphatic rings. The van der Waals surface area contributed by atoms with Crippen LogP contribution in [0.4, 0.5) is 0 Å². The van der Waals surface area contributed by atoms with Crippen molar-refractivity contribution >= 4 is 11.2 Å². The molecular weight excluding hydrogens is 380 g/mol. The van der Waals surface area contributed by atoms with Crippen LogP contribution in [0.25, 0.3) is 11.2 Å². The van der Waals surface area contributed by atoms with Gasteiger partial charge in [0.1, 0.15) is 35.8 Å². The summed E-state index contributed by atoms with van der Waals surface area (Å²) < 4.78 is 17.6. The van der Waals surface area contributed by atoms with Crippen LogP contribution in [0.5, 0.6) is 0 Å². The minimum atomic E-state index is -1.24. The van der Waals surface area contributed by atoms with Gasteiger partial charge in [-0.3, -0.25) is 4.57 Å². The van der Waals surface area contributed by atoms with Crippen LogP contribution in [0.15, 0.2) is 12.7 Å². The standard InChI is InChI=1S/C19H22N4O6/c1-3-27-14(28-4-2)8-6-5-7-12-15-18(21-10-20-12)23(11-22-15)19-17(26)16(25)13(9-24)29-19/h10-11,13-14,16-17,19,24-26H,3-4,9H2,1-2H3/t13-,16-,17-,19-/m1/s1. The van der Waals surface area contributed by atoms with E-state index in [1.807, 2.05) is 13.8 Å². The summed E-state index contributed by atoms with van der Waals surface area (Å²) in [4.78, 5) is 12.5. The lowest BCUT2D eigenvalue weighted by Crippen LogP contribution is -2.33. The Kier molecular flexibility index (Phi) is 7.12. The van der Waals surface area contributed by atoms with Crippen molar-refractivity contribution < 1.29 is 29.5 Å². The molecule has 0 bridgehead atoms.